The van der Waals surface area contributed by atoms with Gasteiger partial charge in [-0.3, -0.25) is 0 Å². The van der Waals surface area contributed by atoms with Crippen molar-refractivity contribution in [3.8, 4) is 0 Å². The zero-order valence-corrected chi connectivity index (χ0v) is 8.32. The average Bonchev–Trinajstić information content (AvgIpc) is 1.68. The first-order valence-electron chi connectivity index (χ1n) is 2.70. The molecule has 8 heavy (non-hydrogen) atoms. The molecule has 0 saturated carbocycles. The third-order valence-corrected chi connectivity index (χ3v) is 1.35. The second-order valence-corrected chi connectivity index (χ2v) is 2.66. The van der Waals surface area contributed by atoms with Crippen molar-refractivity contribution >= 4 is 0 Å². The van der Waals surface area contributed by atoms with Crippen molar-refractivity contribution in [2.75, 3.05) is 6.61 Å². The van der Waals surface area contributed by atoms with Gasteiger partial charge in [-0.1, -0.05) is 32.6 Å². The van der Waals surface area contributed by atoms with Gasteiger partial charge >= 0.3 is 29.6 Å². The van der Waals surface area contributed by atoms with Crippen LogP contribution in [0.5, 0.6) is 0 Å². The Morgan fingerprint density at radius 2 is 1.75 bits per heavy atom. The van der Waals surface area contributed by atoms with Gasteiger partial charge in [-0.25, -0.2) is 0 Å². The van der Waals surface area contributed by atoms with Crippen LogP contribution in [0.3, 0.4) is 0 Å². The summed E-state index contributed by atoms with van der Waals surface area (Å²) in [4.78, 5) is 0. The molecule has 0 rings (SSSR count). The van der Waals surface area contributed by atoms with Crippen LogP contribution in [0, 0.1) is 5.41 Å². The Hall–Kier alpha value is 0.960. The molecule has 44 valence electrons. The second-order valence-electron chi connectivity index (χ2n) is 2.66. The predicted molar refractivity (Wildman–Crippen MR) is 28.9 cm³/mol. The molecule has 0 spiro atoms. The van der Waals surface area contributed by atoms with Crippen LogP contribution < -0.4 is 34.7 Å². The fourth-order valence-electron chi connectivity index (χ4n) is 0.102. The van der Waals surface area contributed by atoms with E-state index in [-0.39, 0.29) is 41.6 Å². The quantitative estimate of drug-likeness (QED) is 0.383. The van der Waals surface area contributed by atoms with Crippen LogP contribution in [0.2, 0.25) is 0 Å². The monoisotopic (exact) mass is 124 g/mol. The normalized spacial score (nSPS) is 10.5. The fraction of sp³-hybridized carbons (Fsp3) is 1.00. The molecule has 0 saturated heterocycles. The van der Waals surface area contributed by atoms with E-state index in [0.29, 0.717) is 0 Å². The summed E-state index contributed by atoms with van der Waals surface area (Å²) in [6.45, 7) is 6.06. The van der Waals surface area contributed by atoms with Gasteiger partial charge in [0.2, 0.25) is 0 Å². The first kappa shape index (κ1) is 11.7. The van der Waals surface area contributed by atoms with E-state index in [1.54, 1.807) is 0 Å². The van der Waals surface area contributed by atoms with E-state index in [9.17, 15) is 5.11 Å². The van der Waals surface area contributed by atoms with Gasteiger partial charge in [-0.2, -0.15) is 0 Å². The molecule has 0 aliphatic carbocycles. The molecule has 0 aliphatic rings. The summed E-state index contributed by atoms with van der Waals surface area (Å²) in [5, 5.41) is 10.2. The maximum Gasteiger partial charge on any atom is 1.00 e. The van der Waals surface area contributed by atoms with Gasteiger partial charge in [0.1, 0.15) is 0 Å². The minimum atomic E-state index is 0. The van der Waals surface area contributed by atoms with Crippen LogP contribution in [-0.4, -0.2) is 6.61 Å². The molecule has 0 unspecified atom stereocenters. The van der Waals surface area contributed by atoms with Crippen molar-refractivity contribution in [2.45, 2.75) is 27.2 Å². The van der Waals surface area contributed by atoms with Gasteiger partial charge in [0.05, 0.1) is 0 Å². The summed E-state index contributed by atoms with van der Waals surface area (Å²) in [7, 11) is 0. The van der Waals surface area contributed by atoms with Crippen molar-refractivity contribution in [1.29, 1.82) is 0 Å². The summed E-state index contributed by atoms with van der Waals surface area (Å²) in [5.41, 5.74) is 0.0278. The number of hydrogen-bond donors (Lipinski definition) is 0. The predicted octanol–water partition coefficient (Wildman–Crippen LogP) is -2.21. The zero-order chi connectivity index (χ0) is 5.91. The Bertz CT molecular complexity index is 46.5. The molecule has 0 aromatic rings. The maximum absolute atomic E-state index is 10.2. The molecule has 2 heteroatoms. The van der Waals surface area contributed by atoms with Crippen LogP contribution in [0.15, 0.2) is 0 Å². The van der Waals surface area contributed by atoms with E-state index < -0.39 is 0 Å². The van der Waals surface area contributed by atoms with Crippen molar-refractivity contribution in [3.05, 3.63) is 0 Å². The van der Waals surface area contributed by atoms with Crippen LogP contribution in [0.25, 0.3) is 0 Å². The van der Waals surface area contributed by atoms with Gasteiger partial charge in [0, 0.05) is 0 Å². The second kappa shape index (κ2) is 4.80. The first-order valence-corrected chi connectivity index (χ1v) is 2.70. The zero-order valence-electron chi connectivity index (χ0n) is 6.32. The molecule has 0 bridgehead atoms. The van der Waals surface area contributed by atoms with E-state index in [0.717, 1.165) is 6.42 Å². The minimum Gasteiger partial charge on any atom is -0.854 e. The van der Waals surface area contributed by atoms with Gasteiger partial charge < -0.3 is 5.11 Å². The number of hydrogen-bond acceptors (Lipinski definition) is 1. The first-order chi connectivity index (χ1) is 3.12. The van der Waals surface area contributed by atoms with E-state index in [1.807, 2.05) is 20.8 Å². The van der Waals surface area contributed by atoms with Gasteiger partial charge in [-0.05, 0) is 0 Å². The van der Waals surface area contributed by atoms with Gasteiger partial charge in [-0.15, -0.1) is 6.61 Å². The molecule has 0 fully saturated rings. The SMILES string of the molecule is CCC(C)(C)C[O-].[Na+]. The third kappa shape index (κ3) is 5.10. The van der Waals surface area contributed by atoms with Crippen molar-refractivity contribution in [3.63, 3.8) is 0 Å². The molecule has 0 radical (unpaired) electrons. The topological polar surface area (TPSA) is 23.1 Å². The minimum absolute atomic E-state index is 0. The largest absolute Gasteiger partial charge is 1.00 e. The molecule has 1 nitrogen and oxygen atoms in total. The molecule has 0 aromatic carbocycles. The van der Waals surface area contributed by atoms with Crippen molar-refractivity contribution in [1.82, 2.24) is 0 Å². The van der Waals surface area contributed by atoms with E-state index in [4.69, 9.17) is 0 Å². The van der Waals surface area contributed by atoms with Crippen LogP contribution in [0.1, 0.15) is 27.2 Å². The van der Waals surface area contributed by atoms with E-state index in [2.05, 4.69) is 0 Å². The standard InChI is InChI=1S/C6H13O.Na/c1-4-6(2,3)5-7;/h4-5H2,1-3H3;/q-1;+1. The Balaban J connectivity index is 0. The molecule has 0 N–H and O–H groups in total. The Kier molecular flexibility index (Phi) is 7.04. The molecule has 0 aromatic heterocycles. The number of rotatable bonds is 2. The van der Waals surface area contributed by atoms with Crippen LogP contribution >= 0.6 is 0 Å². The fourth-order valence-corrected chi connectivity index (χ4v) is 0.102. The summed E-state index contributed by atoms with van der Waals surface area (Å²) in [6.07, 6.45) is 0.983. The summed E-state index contributed by atoms with van der Waals surface area (Å²) in [5.74, 6) is 0. The molecule has 0 aliphatic heterocycles. The maximum atomic E-state index is 10.2. The van der Waals surface area contributed by atoms with E-state index in [1.165, 1.54) is 0 Å². The summed E-state index contributed by atoms with van der Waals surface area (Å²) >= 11 is 0. The summed E-state index contributed by atoms with van der Waals surface area (Å²) in [6, 6.07) is 0. The Labute approximate surface area is 73.8 Å². The Morgan fingerprint density at radius 3 is 1.75 bits per heavy atom. The molecule has 0 amide bonds. The molecule has 0 heterocycles. The van der Waals surface area contributed by atoms with Crippen molar-refractivity contribution in [2.24, 2.45) is 5.41 Å². The smallest absolute Gasteiger partial charge is 0.854 e. The molecule has 0 atom stereocenters. The van der Waals surface area contributed by atoms with E-state index >= 15 is 0 Å². The average molecular weight is 124 g/mol. The van der Waals surface area contributed by atoms with Gasteiger partial charge in [0.15, 0.2) is 0 Å². The molecular weight excluding hydrogens is 111 g/mol. The molecular formula is C6H13NaO. The van der Waals surface area contributed by atoms with Crippen LogP contribution in [0.4, 0.5) is 0 Å². The van der Waals surface area contributed by atoms with Crippen LogP contribution in [-0.2, 0) is 0 Å². The third-order valence-electron chi connectivity index (χ3n) is 1.35. The summed E-state index contributed by atoms with van der Waals surface area (Å²) < 4.78 is 0. The van der Waals surface area contributed by atoms with Crippen molar-refractivity contribution < 1.29 is 34.7 Å². The van der Waals surface area contributed by atoms with Gasteiger partial charge in [0.25, 0.3) is 0 Å². The Morgan fingerprint density at radius 1 is 1.38 bits per heavy atom.